The first-order chi connectivity index (χ1) is 11.6. The number of aliphatic hydroxyl groups is 1. The topological polar surface area (TPSA) is 48.8 Å². The summed E-state index contributed by atoms with van der Waals surface area (Å²) in [4.78, 5) is 9.54. The van der Waals surface area contributed by atoms with E-state index in [1.807, 2.05) is 25.1 Å². The molecule has 1 aliphatic heterocycles. The van der Waals surface area contributed by atoms with Gasteiger partial charge in [-0.1, -0.05) is 12.1 Å². The fraction of sp³-hybridized carbons (Fsp3) is 0.500. The van der Waals surface area contributed by atoms with Crippen molar-refractivity contribution in [3.05, 3.63) is 35.3 Å². The molecule has 1 aromatic heterocycles. The summed E-state index contributed by atoms with van der Waals surface area (Å²) in [6, 6.07) is 8.04. The van der Waals surface area contributed by atoms with Gasteiger partial charge in [-0.05, 0) is 19.1 Å². The van der Waals surface area contributed by atoms with Gasteiger partial charge in [0, 0.05) is 50.2 Å². The second-order valence-electron chi connectivity index (χ2n) is 6.30. The molecule has 5 nitrogen and oxygen atoms in total. The highest BCUT2D eigenvalue weighted by Gasteiger charge is 2.18. The predicted molar refractivity (Wildman–Crippen MR) is 97.5 cm³/mol. The van der Waals surface area contributed by atoms with Crippen LogP contribution < -0.4 is 4.74 Å². The van der Waals surface area contributed by atoms with E-state index in [1.165, 1.54) is 0 Å². The lowest BCUT2D eigenvalue weighted by atomic mass is 10.2. The lowest BCUT2D eigenvalue weighted by Gasteiger charge is -2.34. The van der Waals surface area contributed by atoms with Crippen LogP contribution in [-0.2, 0) is 6.54 Å². The van der Waals surface area contributed by atoms with Crippen LogP contribution in [0.15, 0.2) is 29.6 Å². The Kier molecular flexibility index (Phi) is 5.84. The van der Waals surface area contributed by atoms with Gasteiger partial charge in [-0.15, -0.1) is 11.3 Å². The molecule has 1 aliphatic rings. The zero-order chi connectivity index (χ0) is 16.9. The van der Waals surface area contributed by atoms with E-state index in [9.17, 15) is 5.11 Å². The number of nitrogens with zero attached hydrogens (tertiary/aromatic N) is 3. The summed E-state index contributed by atoms with van der Waals surface area (Å²) in [6.07, 6.45) is -0.250. The van der Waals surface area contributed by atoms with E-state index in [2.05, 4.69) is 21.2 Å². The van der Waals surface area contributed by atoms with Crippen LogP contribution in [0, 0.1) is 0 Å². The molecule has 0 saturated carbocycles. The van der Waals surface area contributed by atoms with Gasteiger partial charge in [0.2, 0.25) is 0 Å². The maximum Gasteiger partial charge on any atom is 0.123 e. The lowest BCUT2D eigenvalue weighted by Crippen LogP contribution is -2.47. The van der Waals surface area contributed by atoms with Gasteiger partial charge in [0.05, 0.1) is 18.9 Å². The Labute approximate surface area is 147 Å². The first-order valence-electron chi connectivity index (χ1n) is 8.35. The van der Waals surface area contributed by atoms with E-state index >= 15 is 0 Å². The molecule has 1 N–H and O–H groups in total. The van der Waals surface area contributed by atoms with Crippen molar-refractivity contribution in [2.45, 2.75) is 19.6 Å². The molecule has 0 radical (unpaired) electrons. The summed E-state index contributed by atoms with van der Waals surface area (Å²) in [7, 11) is 1.68. The molecule has 1 unspecified atom stereocenters. The average molecular weight is 347 g/mol. The Morgan fingerprint density at radius 2 is 2.00 bits per heavy atom. The van der Waals surface area contributed by atoms with Gasteiger partial charge in [0.25, 0.3) is 0 Å². The molecule has 130 valence electrons. The molecule has 3 rings (SSSR count). The molecule has 1 fully saturated rings. The third-order valence-corrected chi connectivity index (χ3v) is 5.18. The van der Waals surface area contributed by atoms with Crippen LogP contribution in [0.25, 0.3) is 10.6 Å². The van der Waals surface area contributed by atoms with E-state index in [0.717, 1.165) is 61.3 Å². The van der Waals surface area contributed by atoms with E-state index in [1.54, 1.807) is 18.4 Å². The van der Waals surface area contributed by atoms with Gasteiger partial charge in [0.15, 0.2) is 0 Å². The number of rotatable bonds is 6. The highest BCUT2D eigenvalue weighted by molar-refractivity contribution is 7.13. The van der Waals surface area contributed by atoms with Crippen molar-refractivity contribution < 1.29 is 9.84 Å². The van der Waals surface area contributed by atoms with E-state index in [-0.39, 0.29) is 6.10 Å². The molecule has 1 atom stereocenters. The van der Waals surface area contributed by atoms with E-state index < -0.39 is 0 Å². The van der Waals surface area contributed by atoms with Gasteiger partial charge >= 0.3 is 0 Å². The number of β-amino-alcohol motifs (C(OH)–C–C–N with tert-alkyl or cyclic N) is 1. The molecule has 2 aromatic rings. The fourth-order valence-corrected chi connectivity index (χ4v) is 3.81. The molecule has 1 saturated heterocycles. The van der Waals surface area contributed by atoms with Gasteiger partial charge in [-0.3, -0.25) is 9.80 Å². The Bertz CT molecular complexity index is 651. The Balaban J connectivity index is 1.57. The summed E-state index contributed by atoms with van der Waals surface area (Å²) in [5.74, 6) is 0.860. The van der Waals surface area contributed by atoms with Crippen molar-refractivity contribution in [3.63, 3.8) is 0 Å². The van der Waals surface area contributed by atoms with Crippen molar-refractivity contribution in [2.24, 2.45) is 0 Å². The highest BCUT2D eigenvalue weighted by atomic mass is 32.1. The van der Waals surface area contributed by atoms with Crippen LogP contribution in [-0.4, -0.2) is 65.8 Å². The standard InChI is InChI=1S/C18H25N3O2S/c1-14(22)11-20-6-8-21(9-7-20)12-16-13-24-18(19-16)15-4-3-5-17(10-15)23-2/h3-5,10,13-14,22H,6-9,11-12H2,1-2H3. The number of aliphatic hydroxyl groups excluding tert-OH is 1. The average Bonchev–Trinajstić information content (AvgIpc) is 3.05. The second kappa shape index (κ2) is 8.07. The van der Waals surface area contributed by atoms with Gasteiger partial charge in [0.1, 0.15) is 10.8 Å². The van der Waals surface area contributed by atoms with Crippen LogP contribution in [0.4, 0.5) is 0 Å². The minimum absolute atomic E-state index is 0.250. The Hall–Kier alpha value is -1.47. The molecule has 0 spiro atoms. The van der Waals surface area contributed by atoms with Gasteiger partial charge in [-0.2, -0.15) is 0 Å². The minimum atomic E-state index is -0.250. The Morgan fingerprint density at radius 3 is 2.71 bits per heavy atom. The zero-order valence-corrected chi connectivity index (χ0v) is 15.1. The second-order valence-corrected chi connectivity index (χ2v) is 7.16. The van der Waals surface area contributed by atoms with Crippen molar-refractivity contribution in [1.29, 1.82) is 0 Å². The molecule has 0 amide bonds. The minimum Gasteiger partial charge on any atom is -0.497 e. The molecular weight excluding hydrogens is 322 g/mol. The molecule has 0 bridgehead atoms. The number of hydrogen-bond donors (Lipinski definition) is 1. The molecule has 1 aromatic carbocycles. The Morgan fingerprint density at radius 1 is 1.25 bits per heavy atom. The molecule has 2 heterocycles. The van der Waals surface area contributed by atoms with Crippen LogP contribution in [0.3, 0.4) is 0 Å². The molecular formula is C18H25N3O2S. The molecule has 0 aliphatic carbocycles. The third-order valence-electron chi connectivity index (χ3n) is 4.24. The summed E-state index contributed by atoms with van der Waals surface area (Å²) in [6.45, 7) is 7.59. The quantitative estimate of drug-likeness (QED) is 0.869. The van der Waals surface area contributed by atoms with Gasteiger partial charge in [-0.25, -0.2) is 4.98 Å². The maximum absolute atomic E-state index is 9.48. The summed E-state index contributed by atoms with van der Waals surface area (Å²) in [5, 5.41) is 12.7. The number of piperazine rings is 1. The summed E-state index contributed by atoms with van der Waals surface area (Å²) in [5.41, 5.74) is 2.23. The lowest BCUT2D eigenvalue weighted by molar-refractivity contribution is 0.0777. The SMILES string of the molecule is COc1cccc(-c2nc(CN3CCN(CC(C)O)CC3)cs2)c1. The summed E-state index contributed by atoms with van der Waals surface area (Å²) < 4.78 is 5.29. The fourth-order valence-electron chi connectivity index (χ4n) is 3.00. The van der Waals surface area contributed by atoms with Crippen molar-refractivity contribution >= 4 is 11.3 Å². The van der Waals surface area contributed by atoms with Crippen molar-refractivity contribution in [3.8, 4) is 16.3 Å². The van der Waals surface area contributed by atoms with Crippen LogP contribution in [0.2, 0.25) is 0 Å². The maximum atomic E-state index is 9.48. The van der Waals surface area contributed by atoms with Crippen molar-refractivity contribution in [1.82, 2.24) is 14.8 Å². The number of thiazole rings is 1. The van der Waals surface area contributed by atoms with Gasteiger partial charge < -0.3 is 9.84 Å². The van der Waals surface area contributed by atoms with Crippen molar-refractivity contribution in [2.75, 3.05) is 39.8 Å². The van der Waals surface area contributed by atoms with Crippen LogP contribution in [0.1, 0.15) is 12.6 Å². The van der Waals surface area contributed by atoms with Crippen LogP contribution >= 0.6 is 11.3 Å². The van der Waals surface area contributed by atoms with Crippen LogP contribution in [0.5, 0.6) is 5.75 Å². The number of methoxy groups -OCH3 is 1. The molecule has 6 heteroatoms. The number of benzene rings is 1. The number of aromatic nitrogens is 1. The summed E-state index contributed by atoms with van der Waals surface area (Å²) >= 11 is 1.68. The zero-order valence-electron chi connectivity index (χ0n) is 14.3. The normalized spacial score (nSPS) is 17.8. The number of ether oxygens (including phenoxy) is 1. The monoisotopic (exact) mass is 347 g/mol. The largest absolute Gasteiger partial charge is 0.497 e. The molecule has 24 heavy (non-hydrogen) atoms. The highest BCUT2D eigenvalue weighted by Crippen LogP contribution is 2.27. The first-order valence-corrected chi connectivity index (χ1v) is 9.23. The number of hydrogen-bond acceptors (Lipinski definition) is 6. The first kappa shape index (κ1) is 17.4. The van der Waals surface area contributed by atoms with E-state index in [0.29, 0.717) is 0 Å². The smallest absolute Gasteiger partial charge is 0.123 e. The van der Waals surface area contributed by atoms with E-state index in [4.69, 9.17) is 9.72 Å². The predicted octanol–water partition coefficient (Wildman–Crippen LogP) is 2.32. The third kappa shape index (κ3) is 4.54.